The van der Waals surface area contributed by atoms with Crippen LogP contribution in [-0.4, -0.2) is 16.8 Å². The molecule has 0 radical (unpaired) electrons. The molecule has 0 aliphatic rings. The van der Waals surface area contributed by atoms with E-state index >= 15 is 0 Å². The summed E-state index contributed by atoms with van der Waals surface area (Å²) in [5.41, 5.74) is 0. The normalized spacial score (nSPS) is 11.0. The predicted molar refractivity (Wildman–Crippen MR) is 111 cm³/mol. The third-order valence-electron chi connectivity index (χ3n) is 4.78. The Bertz CT molecular complexity index is 477. The molecule has 0 amide bonds. The number of phenols is 2. The number of ether oxygens (including phenoxy) is 1. The molecule has 0 aromatic heterocycles. The van der Waals surface area contributed by atoms with E-state index < -0.39 is 0 Å². The fourth-order valence-corrected chi connectivity index (χ4v) is 3.28. The van der Waals surface area contributed by atoms with Gasteiger partial charge in [0.15, 0.2) is 11.5 Å². The first-order chi connectivity index (χ1) is 12.6. The lowest BCUT2D eigenvalue weighted by molar-refractivity contribution is 0.287. The number of halogens is 1. The van der Waals surface area contributed by atoms with Crippen molar-refractivity contribution >= 4 is 11.6 Å². The summed E-state index contributed by atoms with van der Waals surface area (Å²) in [6, 6.07) is 2.67. The van der Waals surface area contributed by atoms with Gasteiger partial charge in [0.05, 0.1) is 11.6 Å². The van der Waals surface area contributed by atoms with Gasteiger partial charge in [-0.3, -0.25) is 0 Å². The van der Waals surface area contributed by atoms with Crippen LogP contribution in [0.2, 0.25) is 5.02 Å². The second kappa shape index (κ2) is 15.0. The lowest BCUT2D eigenvalue weighted by Gasteiger charge is -2.09. The van der Waals surface area contributed by atoms with Crippen molar-refractivity contribution in [1.29, 1.82) is 0 Å². The van der Waals surface area contributed by atoms with E-state index in [-0.39, 0.29) is 16.5 Å². The topological polar surface area (TPSA) is 49.7 Å². The monoisotopic (exact) mass is 384 g/mol. The van der Waals surface area contributed by atoms with Crippen molar-refractivity contribution in [2.75, 3.05) is 6.61 Å². The minimum atomic E-state index is -0.0690. The summed E-state index contributed by atoms with van der Waals surface area (Å²) in [6.45, 7) is 2.82. The van der Waals surface area contributed by atoms with Gasteiger partial charge >= 0.3 is 0 Å². The zero-order valence-electron chi connectivity index (χ0n) is 16.4. The van der Waals surface area contributed by atoms with E-state index in [1.54, 1.807) is 0 Å². The summed E-state index contributed by atoms with van der Waals surface area (Å²) in [5.74, 6) is 0.195. The van der Waals surface area contributed by atoms with E-state index in [4.69, 9.17) is 16.3 Å². The van der Waals surface area contributed by atoms with Crippen LogP contribution < -0.4 is 4.74 Å². The zero-order valence-corrected chi connectivity index (χ0v) is 17.2. The molecule has 4 heteroatoms. The molecule has 0 aliphatic heterocycles. The molecule has 0 unspecified atom stereocenters. The number of aromatic hydroxyl groups is 2. The third kappa shape index (κ3) is 10.8. The molecule has 0 fully saturated rings. The number of hydrogen-bond donors (Lipinski definition) is 2. The van der Waals surface area contributed by atoms with Crippen molar-refractivity contribution in [2.45, 2.75) is 96.8 Å². The van der Waals surface area contributed by atoms with E-state index in [0.717, 1.165) is 12.8 Å². The number of unbranched alkanes of at least 4 members (excludes halogenated alkanes) is 13. The maximum atomic E-state index is 9.71. The average Bonchev–Trinajstić information content (AvgIpc) is 2.62. The first-order valence-corrected chi connectivity index (χ1v) is 10.9. The number of rotatable bonds is 16. The molecule has 0 bridgehead atoms. The molecular weight excluding hydrogens is 348 g/mol. The molecule has 0 saturated heterocycles. The van der Waals surface area contributed by atoms with Crippen molar-refractivity contribution in [3.05, 3.63) is 17.2 Å². The van der Waals surface area contributed by atoms with Gasteiger partial charge in [0, 0.05) is 12.1 Å². The van der Waals surface area contributed by atoms with E-state index in [9.17, 15) is 10.2 Å². The van der Waals surface area contributed by atoms with Gasteiger partial charge in [-0.05, 0) is 6.42 Å². The fraction of sp³-hybridized carbons (Fsp3) is 0.727. The van der Waals surface area contributed by atoms with Crippen LogP contribution >= 0.6 is 11.6 Å². The van der Waals surface area contributed by atoms with Crippen LogP contribution in [0, 0.1) is 0 Å². The van der Waals surface area contributed by atoms with Gasteiger partial charge in [0.2, 0.25) is 0 Å². The molecule has 1 aromatic rings. The summed E-state index contributed by atoms with van der Waals surface area (Å²) in [7, 11) is 0. The van der Waals surface area contributed by atoms with E-state index in [1.165, 1.54) is 89.2 Å². The molecule has 1 aromatic carbocycles. The van der Waals surface area contributed by atoms with Crippen molar-refractivity contribution in [3.8, 4) is 17.2 Å². The number of hydrogen-bond acceptors (Lipinski definition) is 3. The van der Waals surface area contributed by atoms with Crippen LogP contribution in [-0.2, 0) is 0 Å². The summed E-state index contributed by atoms with van der Waals surface area (Å²) >= 11 is 5.72. The predicted octanol–water partition coefficient (Wildman–Crippen LogP) is 7.61. The fourth-order valence-electron chi connectivity index (χ4n) is 3.13. The molecule has 2 N–H and O–H groups in total. The Morgan fingerprint density at radius 1 is 0.692 bits per heavy atom. The van der Waals surface area contributed by atoms with Gasteiger partial charge in [0.25, 0.3) is 0 Å². The number of phenolic OH excluding ortho intramolecular Hbond substituents is 2. The standard InChI is InChI=1S/C22H37ClO3/c1-2-3-4-5-6-7-8-9-10-11-12-13-14-15-16-26-22-18-20(24)19(23)17-21(22)25/h17-18,24-25H,2-16H2,1H3. The van der Waals surface area contributed by atoms with Gasteiger partial charge in [-0.25, -0.2) is 0 Å². The Morgan fingerprint density at radius 2 is 1.15 bits per heavy atom. The molecule has 0 atom stereocenters. The lowest BCUT2D eigenvalue weighted by atomic mass is 10.0. The Kier molecular flexibility index (Phi) is 13.3. The molecule has 0 heterocycles. The van der Waals surface area contributed by atoms with E-state index in [0.29, 0.717) is 12.4 Å². The molecule has 0 spiro atoms. The molecular formula is C22H37ClO3. The van der Waals surface area contributed by atoms with Crippen LogP contribution in [0.4, 0.5) is 0 Å². The minimum absolute atomic E-state index is 0.0295. The molecule has 0 aliphatic carbocycles. The molecule has 1 rings (SSSR count). The summed E-state index contributed by atoms with van der Waals surface area (Å²) in [5, 5.41) is 19.4. The minimum Gasteiger partial charge on any atom is -0.506 e. The highest BCUT2D eigenvalue weighted by Gasteiger charge is 2.08. The first kappa shape index (κ1) is 23.0. The Labute approximate surface area is 164 Å². The van der Waals surface area contributed by atoms with Crippen LogP contribution in [0.5, 0.6) is 17.2 Å². The molecule has 0 saturated carbocycles. The van der Waals surface area contributed by atoms with Crippen LogP contribution in [0.25, 0.3) is 0 Å². The van der Waals surface area contributed by atoms with Gasteiger partial charge < -0.3 is 14.9 Å². The quantitative estimate of drug-likeness (QED) is 0.227. The Balaban J connectivity index is 1.87. The van der Waals surface area contributed by atoms with Crippen LogP contribution in [0.3, 0.4) is 0 Å². The second-order valence-corrected chi connectivity index (χ2v) is 7.62. The summed E-state index contributed by atoms with van der Waals surface area (Å²) in [4.78, 5) is 0. The average molecular weight is 385 g/mol. The van der Waals surface area contributed by atoms with Crippen LogP contribution in [0.15, 0.2) is 12.1 Å². The second-order valence-electron chi connectivity index (χ2n) is 7.22. The van der Waals surface area contributed by atoms with Gasteiger partial charge in [-0.15, -0.1) is 0 Å². The highest BCUT2D eigenvalue weighted by atomic mass is 35.5. The highest BCUT2D eigenvalue weighted by molar-refractivity contribution is 6.32. The van der Waals surface area contributed by atoms with Crippen molar-refractivity contribution in [3.63, 3.8) is 0 Å². The van der Waals surface area contributed by atoms with Crippen molar-refractivity contribution < 1.29 is 14.9 Å². The van der Waals surface area contributed by atoms with Crippen molar-refractivity contribution in [2.24, 2.45) is 0 Å². The molecule has 3 nitrogen and oxygen atoms in total. The van der Waals surface area contributed by atoms with E-state index in [2.05, 4.69) is 6.92 Å². The summed E-state index contributed by atoms with van der Waals surface area (Å²) in [6.07, 6.45) is 18.5. The number of benzene rings is 1. The highest BCUT2D eigenvalue weighted by Crippen LogP contribution is 2.36. The lowest BCUT2D eigenvalue weighted by Crippen LogP contribution is -1.97. The summed E-state index contributed by atoms with van der Waals surface area (Å²) < 4.78 is 5.51. The SMILES string of the molecule is CCCCCCCCCCCCCCCCOc1cc(O)c(Cl)cc1O. The molecule has 150 valence electrons. The maximum Gasteiger partial charge on any atom is 0.164 e. The van der Waals surface area contributed by atoms with Gasteiger partial charge in [-0.2, -0.15) is 0 Å². The molecule has 26 heavy (non-hydrogen) atoms. The van der Waals surface area contributed by atoms with Crippen molar-refractivity contribution in [1.82, 2.24) is 0 Å². The Morgan fingerprint density at radius 3 is 1.65 bits per heavy atom. The Hall–Kier alpha value is -1.09. The maximum absolute atomic E-state index is 9.71. The third-order valence-corrected chi connectivity index (χ3v) is 5.09. The van der Waals surface area contributed by atoms with Gasteiger partial charge in [0.1, 0.15) is 5.75 Å². The smallest absolute Gasteiger partial charge is 0.164 e. The van der Waals surface area contributed by atoms with Gasteiger partial charge in [-0.1, -0.05) is 102 Å². The van der Waals surface area contributed by atoms with Crippen LogP contribution in [0.1, 0.15) is 96.8 Å². The van der Waals surface area contributed by atoms with E-state index in [1.807, 2.05) is 0 Å². The first-order valence-electron chi connectivity index (χ1n) is 10.5. The largest absolute Gasteiger partial charge is 0.506 e. The zero-order chi connectivity index (χ0) is 19.0.